The lowest BCUT2D eigenvalue weighted by Crippen LogP contribution is -2.19. The van der Waals surface area contributed by atoms with Crippen LogP contribution >= 0.6 is 0 Å². The maximum Gasteiger partial charge on any atom is 0.284 e. The molecule has 18 heavy (non-hydrogen) atoms. The van der Waals surface area contributed by atoms with Crippen molar-refractivity contribution in [3.05, 3.63) is 53.1 Å². The van der Waals surface area contributed by atoms with E-state index < -0.39 is 40.6 Å². The van der Waals surface area contributed by atoms with Crippen molar-refractivity contribution in [3.8, 4) is 0 Å². The molecule has 3 nitrogen and oxygen atoms in total. The molecular weight excluding hydrogens is 259 g/mol. The fourth-order valence-corrected chi connectivity index (χ4v) is 1.30. The molecule has 0 atom stereocenters. The molecule has 1 aromatic heterocycles. The molecule has 0 aliphatic carbocycles. The van der Waals surface area contributed by atoms with Crippen molar-refractivity contribution in [2.24, 2.45) is 0 Å². The van der Waals surface area contributed by atoms with E-state index in [4.69, 9.17) is 0 Å². The van der Waals surface area contributed by atoms with Crippen LogP contribution in [0.5, 0.6) is 0 Å². The third-order valence-electron chi connectivity index (χ3n) is 2.14. The van der Waals surface area contributed by atoms with Crippen LogP contribution in [0.3, 0.4) is 0 Å². The van der Waals surface area contributed by atoms with E-state index >= 15 is 0 Å². The molecule has 1 aromatic carbocycles. The van der Waals surface area contributed by atoms with Crippen molar-refractivity contribution < 1.29 is 26.7 Å². The van der Waals surface area contributed by atoms with Gasteiger partial charge in [0.05, 0.1) is 0 Å². The van der Waals surface area contributed by atoms with Crippen LogP contribution in [-0.2, 0) is 0 Å². The van der Waals surface area contributed by atoms with Gasteiger partial charge in [0.25, 0.3) is 5.91 Å². The minimum absolute atomic E-state index is 0.457. The van der Waals surface area contributed by atoms with Crippen LogP contribution in [0.15, 0.2) is 18.5 Å². The van der Waals surface area contributed by atoms with Gasteiger partial charge in [-0.25, -0.2) is 26.6 Å². The summed E-state index contributed by atoms with van der Waals surface area (Å²) in [5, 5.41) is 3.35. The van der Waals surface area contributed by atoms with Gasteiger partial charge in [-0.2, -0.15) is 5.10 Å². The molecule has 8 heteroatoms. The Bertz CT molecular complexity index is 595. The van der Waals surface area contributed by atoms with Gasteiger partial charge in [-0.3, -0.25) is 4.79 Å². The zero-order valence-corrected chi connectivity index (χ0v) is 8.42. The van der Waals surface area contributed by atoms with Crippen molar-refractivity contribution in [2.75, 3.05) is 0 Å². The quantitative estimate of drug-likeness (QED) is 0.449. The Hall–Kier alpha value is -2.25. The summed E-state index contributed by atoms with van der Waals surface area (Å²) >= 11 is 0. The van der Waals surface area contributed by atoms with Gasteiger partial charge < -0.3 is 0 Å². The van der Waals surface area contributed by atoms with Gasteiger partial charge >= 0.3 is 0 Å². The Kier molecular flexibility index (Phi) is 2.85. The number of halogens is 5. The summed E-state index contributed by atoms with van der Waals surface area (Å²) in [5.41, 5.74) is -1.55. The summed E-state index contributed by atoms with van der Waals surface area (Å²) in [4.78, 5) is 11.5. The average molecular weight is 262 g/mol. The summed E-state index contributed by atoms with van der Waals surface area (Å²) in [6.07, 6.45) is 2.13. The van der Waals surface area contributed by atoms with Crippen LogP contribution in [-0.4, -0.2) is 15.7 Å². The molecule has 0 radical (unpaired) electrons. The smallest absolute Gasteiger partial charge is 0.266 e. The first kappa shape index (κ1) is 12.2. The number of carbonyl (C=O) groups is 1. The fourth-order valence-electron chi connectivity index (χ4n) is 1.30. The Morgan fingerprint density at radius 3 is 1.89 bits per heavy atom. The fraction of sp³-hybridized carbons (Fsp3) is 0. The number of benzene rings is 1. The number of aromatic nitrogens is 2. The number of rotatable bonds is 1. The topological polar surface area (TPSA) is 34.9 Å². The summed E-state index contributed by atoms with van der Waals surface area (Å²) < 4.78 is 65.4. The van der Waals surface area contributed by atoms with E-state index in [2.05, 4.69) is 5.10 Å². The molecule has 2 rings (SSSR count). The number of nitrogens with zero attached hydrogens (tertiary/aromatic N) is 2. The Morgan fingerprint density at radius 2 is 1.44 bits per heavy atom. The number of hydrogen-bond acceptors (Lipinski definition) is 2. The predicted octanol–water partition coefficient (Wildman–Crippen LogP) is 2.27. The van der Waals surface area contributed by atoms with Crippen LogP contribution in [0.25, 0.3) is 0 Å². The van der Waals surface area contributed by atoms with E-state index in [9.17, 15) is 26.7 Å². The van der Waals surface area contributed by atoms with Crippen LogP contribution in [0.1, 0.15) is 10.4 Å². The monoisotopic (exact) mass is 262 g/mol. The normalized spacial score (nSPS) is 10.7. The second kappa shape index (κ2) is 4.21. The van der Waals surface area contributed by atoms with Gasteiger partial charge in [-0.1, -0.05) is 0 Å². The summed E-state index contributed by atoms with van der Waals surface area (Å²) in [6, 6.07) is 1.25. The number of carbonyl (C=O) groups excluding carboxylic acids is 1. The van der Waals surface area contributed by atoms with Gasteiger partial charge in [0.2, 0.25) is 5.82 Å². The van der Waals surface area contributed by atoms with Gasteiger partial charge in [0.15, 0.2) is 23.3 Å². The highest BCUT2D eigenvalue weighted by atomic mass is 19.2. The highest BCUT2D eigenvalue weighted by molar-refractivity contribution is 5.95. The minimum atomic E-state index is -2.32. The maximum atomic E-state index is 13.3. The van der Waals surface area contributed by atoms with E-state index in [-0.39, 0.29) is 0 Å². The van der Waals surface area contributed by atoms with E-state index in [1.165, 1.54) is 6.07 Å². The molecule has 0 bridgehead atoms. The van der Waals surface area contributed by atoms with E-state index in [1.54, 1.807) is 0 Å². The molecule has 0 saturated carbocycles. The molecule has 0 unspecified atom stereocenters. The first-order valence-electron chi connectivity index (χ1n) is 4.51. The van der Waals surface area contributed by atoms with Crippen LogP contribution in [0.4, 0.5) is 22.0 Å². The predicted molar refractivity (Wildman–Crippen MR) is 48.2 cm³/mol. The van der Waals surface area contributed by atoms with Crippen LogP contribution in [0, 0.1) is 29.1 Å². The standard InChI is InChI=1S/C10H3F5N2O/c11-5-4(10(18)17-3-1-2-16-17)6(12)8(14)9(15)7(5)13/h1-3H. The molecule has 1 heterocycles. The van der Waals surface area contributed by atoms with E-state index in [0.29, 0.717) is 4.68 Å². The molecule has 2 aromatic rings. The third kappa shape index (κ3) is 1.66. The molecule has 0 aliphatic rings. The zero-order chi connectivity index (χ0) is 13.4. The summed E-state index contributed by atoms with van der Waals surface area (Å²) in [6.45, 7) is 0. The van der Waals surface area contributed by atoms with Crippen LogP contribution < -0.4 is 0 Å². The zero-order valence-electron chi connectivity index (χ0n) is 8.42. The molecule has 0 aliphatic heterocycles. The highest BCUT2D eigenvalue weighted by Crippen LogP contribution is 2.23. The molecule has 94 valence electrons. The molecule has 0 amide bonds. The maximum absolute atomic E-state index is 13.3. The van der Waals surface area contributed by atoms with Gasteiger partial charge in [0.1, 0.15) is 5.56 Å². The minimum Gasteiger partial charge on any atom is -0.266 e. The van der Waals surface area contributed by atoms with Crippen molar-refractivity contribution >= 4 is 5.91 Å². The SMILES string of the molecule is O=C(c1c(F)c(F)c(F)c(F)c1F)n1cccn1. The highest BCUT2D eigenvalue weighted by Gasteiger charge is 2.30. The third-order valence-corrected chi connectivity index (χ3v) is 2.14. The summed E-state index contributed by atoms with van der Waals surface area (Å²) in [7, 11) is 0. The van der Waals surface area contributed by atoms with Gasteiger partial charge in [-0.05, 0) is 6.07 Å². The molecule has 0 fully saturated rings. The second-order valence-corrected chi connectivity index (χ2v) is 3.20. The second-order valence-electron chi connectivity index (χ2n) is 3.20. The van der Waals surface area contributed by atoms with E-state index in [1.807, 2.05) is 0 Å². The molecule has 0 saturated heterocycles. The Balaban J connectivity index is 2.69. The van der Waals surface area contributed by atoms with Crippen LogP contribution in [0.2, 0.25) is 0 Å². The Morgan fingerprint density at radius 1 is 0.944 bits per heavy atom. The molecule has 0 N–H and O–H groups in total. The van der Waals surface area contributed by atoms with Gasteiger partial charge in [0, 0.05) is 12.4 Å². The van der Waals surface area contributed by atoms with Gasteiger partial charge in [-0.15, -0.1) is 0 Å². The van der Waals surface area contributed by atoms with Crippen molar-refractivity contribution in [2.45, 2.75) is 0 Å². The lowest BCUT2D eigenvalue weighted by atomic mass is 10.1. The van der Waals surface area contributed by atoms with Crippen molar-refractivity contribution in [1.29, 1.82) is 0 Å². The van der Waals surface area contributed by atoms with E-state index in [0.717, 1.165) is 12.4 Å². The first-order chi connectivity index (χ1) is 8.45. The largest absolute Gasteiger partial charge is 0.284 e. The average Bonchev–Trinajstić information content (AvgIpc) is 2.88. The molecule has 0 spiro atoms. The number of hydrogen-bond donors (Lipinski definition) is 0. The van der Waals surface area contributed by atoms with Crippen molar-refractivity contribution in [1.82, 2.24) is 9.78 Å². The lowest BCUT2D eigenvalue weighted by molar-refractivity contribution is 0.0933. The lowest BCUT2D eigenvalue weighted by Gasteiger charge is -2.06. The summed E-state index contributed by atoms with van der Waals surface area (Å²) in [5.74, 6) is -12.5. The molecular formula is C10H3F5N2O. The first-order valence-corrected chi connectivity index (χ1v) is 4.51. The van der Waals surface area contributed by atoms with Crippen molar-refractivity contribution in [3.63, 3.8) is 0 Å². The Labute approximate surface area is 96.4 Å².